The Morgan fingerprint density at radius 3 is 2.17 bits per heavy atom. The molecule has 3 aromatic carbocycles. The second-order valence-corrected chi connectivity index (χ2v) is 19.8. The van der Waals surface area contributed by atoms with Crippen LogP contribution in [0.15, 0.2) is 84.4 Å². The molecule has 0 radical (unpaired) electrons. The minimum Gasteiger partial charge on any atom is -0.508 e. The van der Waals surface area contributed by atoms with E-state index >= 15 is 0 Å². The lowest BCUT2D eigenvalue weighted by Crippen LogP contribution is -2.55. The first-order chi connectivity index (χ1) is 27.7. The normalized spacial score (nSPS) is 32.5. The topological polar surface area (TPSA) is 86.8 Å². The molecule has 4 N–H and O–H groups in total. The van der Waals surface area contributed by atoms with E-state index in [0.717, 1.165) is 41.1 Å². The Hall–Kier alpha value is -3.55. The van der Waals surface area contributed by atoms with Crippen LogP contribution in [-0.4, -0.2) is 22.2 Å². The Morgan fingerprint density at radius 1 is 0.828 bits per heavy atom. The number of nitrogens with two attached hydrogens (primary N) is 1. The monoisotopic (exact) mass is 795 g/mol. The van der Waals surface area contributed by atoms with Crippen molar-refractivity contribution in [3.63, 3.8) is 0 Å². The van der Waals surface area contributed by atoms with E-state index in [2.05, 4.69) is 40.7 Å². The molecule has 0 spiro atoms. The largest absolute Gasteiger partial charge is 0.508 e. The summed E-state index contributed by atoms with van der Waals surface area (Å²) >= 11 is 0. The Kier molecular flexibility index (Phi) is 12.9. The number of nitrogens with zero attached hydrogens (tertiary/aromatic N) is 1. The zero-order valence-corrected chi connectivity index (χ0v) is 35.6. The highest BCUT2D eigenvalue weighted by Crippen LogP contribution is 2.67. The van der Waals surface area contributed by atoms with Gasteiger partial charge in [0.15, 0.2) is 0 Å². The second kappa shape index (κ2) is 17.6. The third-order valence-electron chi connectivity index (χ3n) is 15.9. The van der Waals surface area contributed by atoms with Crippen molar-refractivity contribution in [1.29, 1.82) is 0 Å². The van der Waals surface area contributed by atoms with E-state index in [1.165, 1.54) is 107 Å². The van der Waals surface area contributed by atoms with Crippen LogP contribution in [0.25, 0.3) is 0 Å². The molecule has 1 amide bonds. The van der Waals surface area contributed by atoms with Gasteiger partial charge in [0.1, 0.15) is 17.4 Å². The molecule has 1 saturated heterocycles. The van der Waals surface area contributed by atoms with Crippen molar-refractivity contribution in [3.05, 3.63) is 107 Å². The van der Waals surface area contributed by atoms with Crippen LogP contribution in [0.3, 0.4) is 0 Å². The molecule has 4 aliphatic carbocycles. The van der Waals surface area contributed by atoms with E-state index in [1.807, 2.05) is 0 Å². The molecule has 58 heavy (non-hydrogen) atoms. The summed E-state index contributed by atoms with van der Waals surface area (Å²) in [6.45, 7) is 12.7. The number of β-lactam (4-membered cyclic amide) rings is 1. The Morgan fingerprint density at radius 2 is 1.50 bits per heavy atom. The van der Waals surface area contributed by atoms with Gasteiger partial charge < -0.3 is 20.8 Å². The fourth-order valence-corrected chi connectivity index (χ4v) is 12.7. The molecule has 0 unspecified atom stereocenters. The van der Waals surface area contributed by atoms with Gasteiger partial charge in [0.2, 0.25) is 5.91 Å². The number of phenolic OH excluding ortho intramolecular Hbond substituents is 1. The highest BCUT2D eigenvalue weighted by Gasteiger charge is 2.59. The van der Waals surface area contributed by atoms with Crippen LogP contribution in [0.5, 0.6) is 5.75 Å². The van der Waals surface area contributed by atoms with Gasteiger partial charge in [-0.3, -0.25) is 4.79 Å². The highest BCUT2D eigenvalue weighted by atomic mass is 19.1. The number of halogens is 2. The summed E-state index contributed by atoms with van der Waals surface area (Å²) in [5, 5.41) is 20.1. The molecule has 1 heterocycles. The summed E-state index contributed by atoms with van der Waals surface area (Å²) in [7, 11) is 0. The first kappa shape index (κ1) is 42.6. The van der Waals surface area contributed by atoms with E-state index in [-0.39, 0.29) is 35.3 Å². The molecule has 5 aliphatic rings. The zero-order valence-electron chi connectivity index (χ0n) is 35.6. The van der Waals surface area contributed by atoms with Crippen molar-refractivity contribution < 1.29 is 23.8 Å². The Balaban J connectivity index is 0.000000177. The van der Waals surface area contributed by atoms with Gasteiger partial charge in [-0.05, 0) is 170 Å². The number of allylic oxidation sites excluding steroid dienone is 1. The summed E-state index contributed by atoms with van der Waals surface area (Å²) in [5.74, 6) is 4.53. The molecular weight excluding hydrogens is 727 g/mol. The lowest BCUT2D eigenvalue weighted by Gasteiger charge is -2.58. The van der Waals surface area contributed by atoms with Crippen molar-refractivity contribution in [2.75, 3.05) is 4.90 Å². The quantitative estimate of drug-likeness (QED) is 0.133. The standard InChI is InChI=1S/C27H47N.C24H21F2NO3/c1-18(2)7-6-8-19(3)23-11-12-24-22-10-9-20-17-21(28)13-15-26(20,4)25(22)14-16-27(23,24)5;25-17-5-1-15(2-6-17)22(29)14-13-21-23(16-3-11-20(28)12-4-16)27(24(21)30)19-9-7-18(26)8-10-19/h9,18-19,21-25H,6-8,10-17,28H2,1-5H3;1-12,21-23,28-29H,13-14H2/t19-,21+,22+,23-,24+,25+,26+,27-;21-,22+,23-/m11/s1. The van der Waals surface area contributed by atoms with Gasteiger partial charge in [-0.1, -0.05) is 89.8 Å². The van der Waals surface area contributed by atoms with Crippen molar-refractivity contribution >= 4 is 11.6 Å². The zero-order chi connectivity index (χ0) is 41.4. The molecule has 8 rings (SSSR count). The van der Waals surface area contributed by atoms with Crippen molar-refractivity contribution in [2.24, 2.45) is 58.0 Å². The second-order valence-electron chi connectivity index (χ2n) is 19.8. The predicted octanol–water partition coefficient (Wildman–Crippen LogP) is 12.2. The fourth-order valence-electron chi connectivity index (χ4n) is 12.7. The number of hydrogen-bond donors (Lipinski definition) is 3. The summed E-state index contributed by atoms with van der Waals surface area (Å²) in [5.41, 5.74) is 11.2. The molecule has 0 aromatic heterocycles. The minimum absolute atomic E-state index is 0.106. The molecule has 314 valence electrons. The van der Waals surface area contributed by atoms with E-state index < -0.39 is 6.10 Å². The lowest BCUT2D eigenvalue weighted by molar-refractivity contribution is -0.131. The van der Waals surface area contributed by atoms with Crippen LogP contribution in [0.2, 0.25) is 0 Å². The third-order valence-corrected chi connectivity index (χ3v) is 15.9. The van der Waals surface area contributed by atoms with Gasteiger partial charge >= 0.3 is 0 Å². The number of benzene rings is 3. The SMILES string of the molecule is CC(C)CCC[C@@H](C)[C@H]1CC[C@H]2[C@@H]3CC=C4C[C@@H](N)CC[C@]4(C)[C@H]3CC[C@]12C.O=C1[C@H](CC[C@H](O)c2ccc(F)cc2)[C@@H](c2ccc(O)cc2)N1c1ccc(F)cc1. The van der Waals surface area contributed by atoms with Crippen LogP contribution in [0.4, 0.5) is 14.5 Å². The van der Waals surface area contributed by atoms with Gasteiger partial charge in [0.25, 0.3) is 0 Å². The molecule has 11 atom stereocenters. The Labute approximate surface area is 346 Å². The van der Waals surface area contributed by atoms with Crippen molar-refractivity contribution in [2.45, 2.75) is 136 Å². The molecule has 1 aliphatic heterocycles. The number of rotatable bonds is 11. The van der Waals surface area contributed by atoms with Crippen LogP contribution in [0.1, 0.15) is 141 Å². The number of fused-ring (bicyclic) bond motifs is 5. The first-order valence-electron chi connectivity index (χ1n) is 22.5. The van der Waals surface area contributed by atoms with E-state index in [0.29, 0.717) is 41.0 Å². The van der Waals surface area contributed by atoms with Gasteiger partial charge in [0.05, 0.1) is 18.1 Å². The van der Waals surface area contributed by atoms with Crippen molar-refractivity contribution in [3.8, 4) is 5.75 Å². The maximum Gasteiger partial charge on any atom is 0.233 e. The number of aliphatic hydroxyl groups is 1. The van der Waals surface area contributed by atoms with Crippen LogP contribution in [0, 0.1) is 63.9 Å². The molecule has 5 nitrogen and oxygen atoms in total. The minimum atomic E-state index is -0.807. The van der Waals surface area contributed by atoms with E-state index in [4.69, 9.17) is 5.73 Å². The van der Waals surface area contributed by atoms with Gasteiger partial charge in [-0.15, -0.1) is 0 Å². The smallest absolute Gasteiger partial charge is 0.233 e. The molecule has 4 fully saturated rings. The molecule has 3 saturated carbocycles. The van der Waals surface area contributed by atoms with Crippen LogP contribution < -0.4 is 10.6 Å². The number of amides is 1. The number of carbonyl (C=O) groups is 1. The average Bonchev–Trinajstić information content (AvgIpc) is 3.56. The summed E-state index contributed by atoms with van der Waals surface area (Å²) < 4.78 is 26.4. The van der Waals surface area contributed by atoms with Gasteiger partial charge in [-0.2, -0.15) is 0 Å². The molecule has 0 bridgehead atoms. The molecule has 7 heteroatoms. The molecular formula is C51H68F2N2O3. The predicted molar refractivity (Wildman–Crippen MR) is 230 cm³/mol. The summed E-state index contributed by atoms with van der Waals surface area (Å²) in [6, 6.07) is 18.2. The van der Waals surface area contributed by atoms with Gasteiger partial charge in [-0.25, -0.2) is 8.78 Å². The van der Waals surface area contributed by atoms with Gasteiger partial charge in [0, 0.05) is 11.7 Å². The van der Waals surface area contributed by atoms with Crippen LogP contribution >= 0.6 is 0 Å². The lowest BCUT2D eigenvalue weighted by atomic mass is 9.47. The number of hydrogen-bond acceptors (Lipinski definition) is 4. The first-order valence-corrected chi connectivity index (χ1v) is 22.5. The number of carbonyl (C=O) groups excluding carboxylic acids is 1. The summed E-state index contributed by atoms with van der Waals surface area (Å²) in [6.07, 6.45) is 18.1. The van der Waals surface area contributed by atoms with Crippen molar-refractivity contribution in [1.82, 2.24) is 0 Å². The number of aliphatic hydroxyl groups excluding tert-OH is 1. The number of aromatic hydroxyl groups is 1. The van der Waals surface area contributed by atoms with E-state index in [1.54, 1.807) is 46.9 Å². The fraction of sp³-hybridized carbons (Fsp3) is 0.588. The average molecular weight is 795 g/mol. The molecule has 3 aromatic rings. The number of phenols is 1. The number of anilines is 1. The Bertz CT molecular complexity index is 1880. The maximum absolute atomic E-state index is 13.3. The van der Waals surface area contributed by atoms with Crippen LogP contribution in [-0.2, 0) is 4.79 Å². The summed E-state index contributed by atoms with van der Waals surface area (Å²) in [4.78, 5) is 14.6. The highest BCUT2D eigenvalue weighted by molar-refractivity contribution is 6.03. The van der Waals surface area contributed by atoms with E-state index in [9.17, 15) is 23.8 Å². The third kappa shape index (κ3) is 8.55. The maximum atomic E-state index is 13.3.